The maximum Gasteiger partial charge on any atom is 0.231 e. The van der Waals surface area contributed by atoms with Crippen molar-refractivity contribution >= 4 is 11.6 Å². The summed E-state index contributed by atoms with van der Waals surface area (Å²) in [5.41, 5.74) is 0.494. The summed E-state index contributed by atoms with van der Waals surface area (Å²) in [5.74, 6) is 0.0770. The minimum absolute atomic E-state index is 0.0770. The maximum atomic E-state index is 12.0. The van der Waals surface area contributed by atoms with Crippen LogP contribution < -0.4 is 10.6 Å². The Bertz CT molecular complexity index is 379. The Balaban J connectivity index is 2.01. The van der Waals surface area contributed by atoms with E-state index in [4.69, 9.17) is 0 Å². The molecular formula is C11H18N4O. The van der Waals surface area contributed by atoms with E-state index in [1.165, 1.54) is 0 Å². The maximum absolute atomic E-state index is 12.0. The Labute approximate surface area is 95.2 Å². The molecular weight excluding hydrogens is 204 g/mol. The predicted molar refractivity (Wildman–Crippen MR) is 62.1 cm³/mol. The van der Waals surface area contributed by atoms with Crippen LogP contribution in [0.25, 0.3) is 0 Å². The molecule has 16 heavy (non-hydrogen) atoms. The Morgan fingerprint density at radius 1 is 1.75 bits per heavy atom. The van der Waals surface area contributed by atoms with Crippen molar-refractivity contribution in [1.82, 2.24) is 15.1 Å². The van der Waals surface area contributed by atoms with E-state index in [0.29, 0.717) is 0 Å². The van der Waals surface area contributed by atoms with Gasteiger partial charge in [0.05, 0.1) is 17.3 Å². The second-order valence-corrected chi connectivity index (χ2v) is 4.53. The molecule has 1 aliphatic rings. The van der Waals surface area contributed by atoms with Crippen LogP contribution in [0.4, 0.5) is 5.69 Å². The van der Waals surface area contributed by atoms with Gasteiger partial charge in [-0.2, -0.15) is 5.10 Å². The summed E-state index contributed by atoms with van der Waals surface area (Å²) < 4.78 is 1.80. The number of nitrogens with zero attached hydrogens (tertiary/aromatic N) is 2. The fourth-order valence-electron chi connectivity index (χ4n) is 1.89. The van der Waals surface area contributed by atoms with Gasteiger partial charge in [-0.25, -0.2) is 0 Å². The highest BCUT2D eigenvalue weighted by Gasteiger charge is 2.36. The molecule has 5 heteroatoms. The van der Waals surface area contributed by atoms with Crippen LogP contribution in [0.3, 0.4) is 0 Å². The third-order valence-corrected chi connectivity index (χ3v) is 3.13. The van der Waals surface area contributed by atoms with Crippen molar-refractivity contribution in [2.24, 2.45) is 5.41 Å². The van der Waals surface area contributed by atoms with Crippen molar-refractivity contribution in [2.45, 2.75) is 26.8 Å². The topological polar surface area (TPSA) is 59.0 Å². The third kappa shape index (κ3) is 2.09. The average molecular weight is 222 g/mol. The Morgan fingerprint density at radius 3 is 3.12 bits per heavy atom. The summed E-state index contributed by atoms with van der Waals surface area (Å²) in [7, 11) is 0. The molecule has 0 saturated carbocycles. The Kier molecular flexibility index (Phi) is 2.96. The van der Waals surface area contributed by atoms with E-state index in [-0.39, 0.29) is 11.3 Å². The summed E-state index contributed by atoms with van der Waals surface area (Å²) in [4.78, 5) is 12.0. The lowest BCUT2D eigenvalue weighted by molar-refractivity contribution is -0.123. The molecule has 1 unspecified atom stereocenters. The van der Waals surface area contributed by atoms with Gasteiger partial charge in [-0.15, -0.1) is 0 Å². The summed E-state index contributed by atoms with van der Waals surface area (Å²) in [6.45, 7) is 6.49. The van der Waals surface area contributed by atoms with Crippen molar-refractivity contribution in [3.8, 4) is 0 Å². The molecule has 88 valence electrons. The van der Waals surface area contributed by atoms with Gasteiger partial charge in [0.25, 0.3) is 0 Å². The number of rotatable bonds is 3. The molecule has 0 bridgehead atoms. The monoisotopic (exact) mass is 222 g/mol. The zero-order valence-corrected chi connectivity index (χ0v) is 9.79. The lowest BCUT2D eigenvalue weighted by Gasteiger charge is -2.20. The molecule has 1 fully saturated rings. The van der Waals surface area contributed by atoms with Crippen LogP contribution in [-0.2, 0) is 11.3 Å². The summed E-state index contributed by atoms with van der Waals surface area (Å²) in [6.07, 6.45) is 4.43. The van der Waals surface area contributed by atoms with E-state index >= 15 is 0 Å². The molecule has 1 amide bonds. The number of carbonyl (C=O) groups excluding carboxylic acids is 1. The van der Waals surface area contributed by atoms with Gasteiger partial charge in [-0.1, -0.05) is 0 Å². The van der Waals surface area contributed by atoms with Crippen LogP contribution in [0.1, 0.15) is 20.3 Å². The van der Waals surface area contributed by atoms with E-state index < -0.39 is 0 Å². The predicted octanol–water partition coefficient (Wildman–Crippen LogP) is 0.841. The largest absolute Gasteiger partial charge is 0.323 e. The second-order valence-electron chi connectivity index (χ2n) is 4.53. The van der Waals surface area contributed by atoms with Crippen LogP contribution in [0, 0.1) is 5.41 Å². The number of nitrogens with one attached hydrogen (secondary N) is 2. The Hall–Kier alpha value is -1.36. The molecule has 1 aromatic rings. The highest BCUT2D eigenvalue weighted by molar-refractivity contribution is 5.95. The van der Waals surface area contributed by atoms with Crippen LogP contribution in [0.5, 0.6) is 0 Å². The normalized spacial score (nSPS) is 24.6. The van der Waals surface area contributed by atoms with Crippen LogP contribution in [-0.4, -0.2) is 28.8 Å². The van der Waals surface area contributed by atoms with Gasteiger partial charge in [-0.3, -0.25) is 9.48 Å². The molecule has 2 heterocycles. The van der Waals surface area contributed by atoms with Crippen LogP contribution in [0.15, 0.2) is 12.4 Å². The minimum atomic E-state index is -0.283. The van der Waals surface area contributed by atoms with Gasteiger partial charge in [0.1, 0.15) is 0 Å². The molecule has 1 saturated heterocycles. The van der Waals surface area contributed by atoms with Crippen molar-refractivity contribution < 1.29 is 4.79 Å². The summed E-state index contributed by atoms with van der Waals surface area (Å²) >= 11 is 0. The minimum Gasteiger partial charge on any atom is -0.323 e. The molecule has 0 radical (unpaired) electrons. The number of hydrogen-bond acceptors (Lipinski definition) is 3. The van der Waals surface area contributed by atoms with Gasteiger partial charge in [0.15, 0.2) is 0 Å². The molecule has 1 atom stereocenters. The van der Waals surface area contributed by atoms with Gasteiger partial charge >= 0.3 is 0 Å². The zero-order valence-electron chi connectivity index (χ0n) is 9.79. The smallest absolute Gasteiger partial charge is 0.231 e. The first-order valence-electron chi connectivity index (χ1n) is 5.69. The fraction of sp³-hybridized carbons (Fsp3) is 0.636. The molecule has 0 spiro atoms. The number of hydrogen-bond donors (Lipinski definition) is 2. The molecule has 0 aromatic carbocycles. The van der Waals surface area contributed by atoms with Gasteiger partial charge in [-0.05, 0) is 26.8 Å². The average Bonchev–Trinajstić information content (AvgIpc) is 2.88. The standard InChI is InChI=1S/C11H18N4O/c1-3-15-7-9(6-13-15)14-10(16)11(2)4-5-12-8-11/h6-7,12H,3-5,8H2,1-2H3,(H,14,16). The summed E-state index contributed by atoms with van der Waals surface area (Å²) in [5, 5.41) is 10.3. The number of anilines is 1. The lowest BCUT2D eigenvalue weighted by Crippen LogP contribution is -2.35. The van der Waals surface area contributed by atoms with Gasteiger partial charge < -0.3 is 10.6 Å². The quantitative estimate of drug-likeness (QED) is 0.796. The molecule has 2 rings (SSSR count). The molecule has 1 aliphatic heterocycles. The highest BCUT2D eigenvalue weighted by atomic mass is 16.2. The van der Waals surface area contributed by atoms with Crippen molar-refractivity contribution in [3.63, 3.8) is 0 Å². The fourth-order valence-corrected chi connectivity index (χ4v) is 1.89. The van der Waals surface area contributed by atoms with Crippen LogP contribution >= 0.6 is 0 Å². The SMILES string of the molecule is CCn1cc(NC(=O)C2(C)CCNC2)cn1. The second kappa shape index (κ2) is 4.25. The number of aryl methyl sites for hydroxylation is 1. The first-order valence-corrected chi connectivity index (χ1v) is 5.69. The van der Waals surface area contributed by atoms with E-state index in [1.807, 2.05) is 20.0 Å². The van der Waals surface area contributed by atoms with Crippen LogP contribution in [0.2, 0.25) is 0 Å². The van der Waals surface area contributed by atoms with E-state index in [0.717, 1.165) is 31.7 Å². The first kappa shape index (κ1) is 11.1. The first-order chi connectivity index (χ1) is 7.64. The number of carbonyl (C=O) groups is 1. The Morgan fingerprint density at radius 2 is 2.56 bits per heavy atom. The van der Waals surface area contributed by atoms with Gasteiger partial charge in [0, 0.05) is 19.3 Å². The molecule has 0 aliphatic carbocycles. The molecule has 1 aromatic heterocycles. The van der Waals surface area contributed by atoms with E-state index in [9.17, 15) is 4.79 Å². The van der Waals surface area contributed by atoms with Gasteiger partial charge in [0.2, 0.25) is 5.91 Å². The third-order valence-electron chi connectivity index (χ3n) is 3.13. The van der Waals surface area contributed by atoms with E-state index in [2.05, 4.69) is 15.7 Å². The van der Waals surface area contributed by atoms with Crippen molar-refractivity contribution in [2.75, 3.05) is 18.4 Å². The van der Waals surface area contributed by atoms with Crippen molar-refractivity contribution in [1.29, 1.82) is 0 Å². The number of amides is 1. The van der Waals surface area contributed by atoms with Crippen molar-refractivity contribution in [3.05, 3.63) is 12.4 Å². The number of aromatic nitrogens is 2. The molecule has 2 N–H and O–H groups in total. The summed E-state index contributed by atoms with van der Waals surface area (Å²) in [6, 6.07) is 0. The zero-order chi connectivity index (χ0) is 11.6. The molecule has 5 nitrogen and oxygen atoms in total. The highest BCUT2D eigenvalue weighted by Crippen LogP contribution is 2.26. The lowest BCUT2D eigenvalue weighted by atomic mass is 9.89. The van der Waals surface area contributed by atoms with E-state index in [1.54, 1.807) is 10.9 Å².